The molecule has 0 spiro atoms. The minimum atomic E-state index is -0.551. The zero-order valence-electron chi connectivity index (χ0n) is 20.0. The fourth-order valence-electron chi connectivity index (χ4n) is 4.52. The summed E-state index contributed by atoms with van der Waals surface area (Å²) in [4.78, 5) is 31.6. The van der Waals surface area contributed by atoms with E-state index in [1.54, 1.807) is 29.7 Å². The van der Waals surface area contributed by atoms with Gasteiger partial charge in [-0.3, -0.25) is 24.7 Å². The van der Waals surface area contributed by atoms with Crippen molar-refractivity contribution >= 4 is 22.7 Å². The molecule has 1 aromatic heterocycles. The number of hydrogen-bond acceptors (Lipinski definition) is 6. The lowest BCUT2D eigenvalue weighted by Crippen LogP contribution is -2.45. The minimum Gasteiger partial charge on any atom is -0.489 e. The van der Waals surface area contributed by atoms with Crippen molar-refractivity contribution in [2.75, 3.05) is 19.6 Å². The first-order valence-electron chi connectivity index (χ1n) is 11.5. The molecule has 0 aliphatic carbocycles. The zero-order valence-corrected chi connectivity index (χ0v) is 20.0. The van der Waals surface area contributed by atoms with E-state index in [4.69, 9.17) is 9.94 Å². The number of nitrogens with zero attached hydrogens (tertiary/aromatic N) is 2. The van der Waals surface area contributed by atoms with Crippen LogP contribution in [0.4, 0.5) is 0 Å². The van der Waals surface area contributed by atoms with Gasteiger partial charge in [0.05, 0.1) is 17.5 Å². The second-order valence-corrected chi connectivity index (χ2v) is 9.07. The van der Waals surface area contributed by atoms with E-state index < -0.39 is 17.9 Å². The number of benzene rings is 2. The largest absolute Gasteiger partial charge is 0.489 e. The van der Waals surface area contributed by atoms with Gasteiger partial charge in [-0.25, -0.2) is 5.48 Å². The van der Waals surface area contributed by atoms with E-state index in [1.807, 2.05) is 49.1 Å². The topological polar surface area (TPSA) is 104 Å². The van der Waals surface area contributed by atoms with Crippen LogP contribution in [0.2, 0.25) is 0 Å². The first-order valence-corrected chi connectivity index (χ1v) is 11.5. The number of ether oxygens (including phenoxy) is 1. The van der Waals surface area contributed by atoms with Gasteiger partial charge in [0.1, 0.15) is 12.4 Å². The Balaban J connectivity index is 1.40. The van der Waals surface area contributed by atoms with Gasteiger partial charge in [0.15, 0.2) is 0 Å². The van der Waals surface area contributed by atoms with E-state index in [0.29, 0.717) is 37.6 Å². The number of hydroxylamine groups is 1. The fraction of sp³-hybridized carbons (Fsp3) is 0.296. The molecule has 1 saturated heterocycles. The van der Waals surface area contributed by atoms with Crippen LogP contribution in [0.15, 0.2) is 66.7 Å². The molecule has 0 radical (unpaired) electrons. The van der Waals surface area contributed by atoms with Gasteiger partial charge < -0.3 is 10.1 Å². The van der Waals surface area contributed by atoms with Gasteiger partial charge in [0, 0.05) is 41.8 Å². The number of para-hydroxylation sites is 1. The number of carbonyl (C=O) groups is 2. The van der Waals surface area contributed by atoms with Crippen molar-refractivity contribution in [1.82, 2.24) is 20.7 Å². The Bertz CT molecular complexity index is 1240. The maximum Gasteiger partial charge on any atom is 0.251 e. The van der Waals surface area contributed by atoms with Crippen molar-refractivity contribution in [2.45, 2.75) is 26.5 Å². The third kappa shape index (κ3) is 5.85. The van der Waals surface area contributed by atoms with Gasteiger partial charge in [0.25, 0.3) is 5.91 Å². The summed E-state index contributed by atoms with van der Waals surface area (Å²) in [6, 6.07) is 16.4. The predicted octanol–water partition coefficient (Wildman–Crippen LogP) is 3.23. The van der Waals surface area contributed by atoms with E-state index in [0.717, 1.165) is 27.7 Å². The van der Waals surface area contributed by atoms with Crippen LogP contribution in [0, 0.1) is 12.8 Å². The monoisotopic (exact) mass is 474 g/mol. The summed E-state index contributed by atoms with van der Waals surface area (Å²) in [5.41, 5.74) is 6.04. The van der Waals surface area contributed by atoms with Crippen molar-refractivity contribution in [1.29, 1.82) is 0 Å². The van der Waals surface area contributed by atoms with Crippen molar-refractivity contribution in [2.24, 2.45) is 5.92 Å². The molecule has 0 unspecified atom stereocenters. The Morgan fingerprint density at radius 3 is 2.63 bits per heavy atom. The smallest absolute Gasteiger partial charge is 0.251 e. The van der Waals surface area contributed by atoms with Crippen LogP contribution < -0.4 is 15.5 Å². The third-order valence-corrected chi connectivity index (χ3v) is 6.09. The molecule has 0 bridgehead atoms. The number of nitrogens with one attached hydrogen (secondary N) is 2. The Labute approximate surface area is 204 Å². The summed E-state index contributed by atoms with van der Waals surface area (Å²) in [5, 5.41) is 13.1. The van der Waals surface area contributed by atoms with Gasteiger partial charge in [-0.1, -0.05) is 30.4 Å². The van der Waals surface area contributed by atoms with Crippen LogP contribution in [-0.2, 0) is 11.4 Å². The molecule has 2 amide bonds. The number of fused-ring (bicyclic) bond motifs is 1. The molecule has 8 heteroatoms. The number of hydrogen-bond donors (Lipinski definition) is 3. The van der Waals surface area contributed by atoms with Gasteiger partial charge in [0.2, 0.25) is 5.91 Å². The van der Waals surface area contributed by atoms with Crippen LogP contribution in [0.25, 0.3) is 10.9 Å². The molecule has 1 aliphatic rings. The molecule has 4 rings (SSSR count). The summed E-state index contributed by atoms with van der Waals surface area (Å²) in [7, 11) is 0. The van der Waals surface area contributed by atoms with E-state index >= 15 is 0 Å². The molecule has 1 fully saturated rings. The number of aromatic nitrogens is 1. The number of carbonyl (C=O) groups excluding carboxylic acids is 2. The summed E-state index contributed by atoms with van der Waals surface area (Å²) in [6.45, 7) is 9.72. The summed E-state index contributed by atoms with van der Waals surface area (Å²) in [5.74, 6) is -0.706. The number of amides is 2. The zero-order chi connectivity index (χ0) is 24.9. The van der Waals surface area contributed by atoms with Crippen LogP contribution in [-0.4, -0.2) is 52.6 Å². The first kappa shape index (κ1) is 24.4. The van der Waals surface area contributed by atoms with E-state index in [-0.39, 0.29) is 5.91 Å². The van der Waals surface area contributed by atoms with Crippen molar-refractivity contribution in [3.05, 3.63) is 83.6 Å². The Hall–Kier alpha value is -3.75. The molecule has 8 nitrogen and oxygen atoms in total. The van der Waals surface area contributed by atoms with Gasteiger partial charge in [-0.05, 0) is 50.2 Å². The van der Waals surface area contributed by atoms with E-state index in [9.17, 15) is 9.59 Å². The quantitative estimate of drug-likeness (QED) is 0.263. The van der Waals surface area contributed by atoms with Gasteiger partial charge >= 0.3 is 0 Å². The highest BCUT2D eigenvalue weighted by Crippen LogP contribution is 2.22. The average Bonchev–Trinajstić information content (AvgIpc) is 3.23. The van der Waals surface area contributed by atoms with Crippen molar-refractivity contribution in [3.63, 3.8) is 0 Å². The second kappa shape index (κ2) is 10.7. The van der Waals surface area contributed by atoms with Gasteiger partial charge in [-0.2, -0.15) is 0 Å². The lowest BCUT2D eigenvalue weighted by molar-refractivity contribution is -0.133. The summed E-state index contributed by atoms with van der Waals surface area (Å²) < 4.78 is 5.98. The van der Waals surface area contributed by atoms with Crippen molar-refractivity contribution < 1.29 is 19.5 Å². The SMILES string of the molecule is C=C(C)CN1C[C@H](C(=O)NO)[C@H](NC(=O)c2ccc(OCc3cc(C)nc4ccccc34)cc2)C1. The molecule has 2 heterocycles. The van der Waals surface area contributed by atoms with Crippen LogP contribution in [0.5, 0.6) is 5.75 Å². The molecule has 35 heavy (non-hydrogen) atoms. The fourth-order valence-corrected chi connectivity index (χ4v) is 4.52. The number of pyridine rings is 1. The highest BCUT2D eigenvalue weighted by molar-refractivity contribution is 5.95. The summed E-state index contributed by atoms with van der Waals surface area (Å²) >= 11 is 0. The molecule has 1 aliphatic heterocycles. The van der Waals surface area contributed by atoms with E-state index in [2.05, 4.69) is 16.9 Å². The molecule has 3 N–H and O–H groups in total. The second-order valence-electron chi connectivity index (χ2n) is 9.07. The number of likely N-dealkylation sites (tertiary alicyclic amines) is 1. The average molecular weight is 475 g/mol. The predicted molar refractivity (Wildman–Crippen MR) is 133 cm³/mol. The summed E-state index contributed by atoms with van der Waals surface area (Å²) in [6.07, 6.45) is 0. The Kier molecular flexibility index (Phi) is 7.43. The van der Waals surface area contributed by atoms with Gasteiger partial charge in [-0.15, -0.1) is 0 Å². The lowest BCUT2D eigenvalue weighted by atomic mass is 10.0. The molecular formula is C27H30N4O4. The molecule has 0 saturated carbocycles. The molecule has 182 valence electrons. The lowest BCUT2D eigenvalue weighted by Gasteiger charge is -2.18. The standard InChI is InChI=1S/C27H30N4O4/c1-17(2)13-31-14-23(27(33)30-34)25(15-31)29-26(32)19-8-10-21(11-9-19)35-16-20-12-18(3)28-24-7-5-4-6-22(20)24/h4-12,23,25,34H,1,13-16H2,2-3H3,(H,29,32)(H,30,33)/t23-,25+/m0/s1. The first-order chi connectivity index (χ1) is 16.8. The Morgan fingerprint density at radius 2 is 1.91 bits per heavy atom. The maximum atomic E-state index is 12.9. The Morgan fingerprint density at radius 1 is 1.17 bits per heavy atom. The minimum absolute atomic E-state index is 0.287. The van der Waals surface area contributed by atoms with E-state index in [1.165, 1.54) is 0 Å². The van der Waals surface area contributed by atoms with Crippen LogP contribution in [0.1, 0.15) is 28.5 Å². The highest BCUT2D eigenvalue weighted by atomic mass is 16.5. The normalized spacial score (nSPS) is 17.8. The molecular weight excluding hydrogens is 444 g/mol. The van der Waals surface area contributed by atoms with Crippen molar-refractivity contribution in [3.8, 4) is 5.75 Å². The molecule has 2 aromatic carbocycles. The van der Waals surface area contributed by atoms with Crippen LogP contribution in [0.3, 0.4) is 0 Å². The molecule has 2 atom stereocenters. The maximum absolute atomic E-state index is 12.9. The van der Waals surface area contributed by atoms with Crippen LogP contribution >= 0.6 is 0 Å². The number of rotatable bonds is 8. The third-order valence-electron chi connectivity index (χ3n) is 6.09. The highest BCUT2D eigenvalue weighted by Gasteiger charge is 2.38. The molecule has 3 aromatic rings. The number of aryl methyl sites for hydroxylation is 1.